The zero-order valence-corrected chi connectivity index (χ0v) is 31.0. The summed E-state index contributed by atoms with van der Waals surface area (Å²) >= 11 is 0. The van der Waals surface area contributed by atoms with Gasteiger partial charge in [0, 0.05) is 34.2 Å². The first-order chi connectivity index (χ1) is 27.0. The topological polar surface area (TPSA) is 21.7 Å². The first-order valence-electron chi connectivity index (χ1n) is 19.3. The van der Waals surface area contributed by atoms with Crippen LogP contribution >= 0.6 is 0 Å². The average Bonchev–Trinajstić information content (AvgIpc) is 3.35. The number of hydrogen-bond acceptors (Lipinski definition) is 3. The molecule has 0 aromatic heterocycles. The average molecular weight is 710 g/mol. The summed E-state index contributed by atoms with van der Waals surface area (Å²) in [6.45, 7) is 6.00. The van der Waals surface area contributed by atoms with E-state index in [-0.39, 0.29) is 5.41 Å². The van der Waals surface area contributed by atoms with Crippen molar-refractivity contribution in [3.63, 3.8) is 0 Å². The second kappa shape index (κ2) is 12.2. The van der Waals surface area contributed by atoms with Crippen LogP contribution in [0.2, 0.25) is 0 Å². The summed E-state index contributed by atoms with van der Waals surface area (Å²) in [5.74, 6) is 1.63. The zero-order chi connectivity index (χ0) is 36.7. The molecule has 55 heavy (non-hydrogen) atoms. The SMILES string of the molecule is CC1(C)c2ccccc2-c2c(-c3cccc4c3OCCCO4)cc(N(c3ccc(-c4ccccc4)cc3)c3ccc4ccc5cccc6ccc3c4c56)cc21. The number of ether oxygens (including phenoxy) is 2. The van der Waals surface area contributed by atoms with E-state index in [2.05, 4.69) is 176 Å². The summed E-state index contributed by atoms with van der Waals surface area (Å²) in [7, 11) is 0. The molecule has 0 spiro atoms. The second-order valence-corrected chi connectivity index (χ2v) is 15.5. The Morgan fingerprint density at radius 1 is 0.491 bits per heavy atom. The lowest BCUT2D eigenvalue weighted by Gasteiger charge is -2.31. The van der Waals surface area contributed by atoms with Crippen LogP contribution in [-0.4, -0.2) is 13.2 Å². The van der Waals surface area contributed by atoms with Gasteiger partial charge < -0.3 is 14.4 Å². The van der Waals surface area contributed by atoms with Gasteiger partial charge in [0.05, 0.1) is 18.9 Å². The van der Waals surface area contributed by atoms with Crippen LogP contribution in [0.5, 0.6) is 11.5 Å². The van der Waals surface area contributed by atoms with Gasteiger partial charge in [0.2, 0.25) is 0 Å². The highest BCUT2D eigenvalue weighted by molar-refractivity contribution is 6.25. The Bertz CT molecular complexity index is 2910. The van der Waals surface area contributed by atoms with Gasteiger partial charge in [0.15, 0.2) is 11.5 Å². The van der Waals surface area contributed by atoms with Gasteiger partial charge in [-0.1, -0.05) is 141 Å². The standard InChI is InChI=1S/C52H39NO2/c1-52(2)44-17-7-6-15-41(44)50-43(40-16-9-18-47-51(40)55-30-10-29-54-47)31-39(32-45(50)52)53(38-25-21-34(22-26-38)33-11-4-3-5-12-33)46-28-24-37-20-19-35-13-8-14-36-23-27-42(46)49(37)48(35)36/h3-9,11-28,31-32H,10,29-30H2,1-2H3. The van der Waals surface area contributed by atoms with Crippen LogP contribution < -0.4 is 14.4 Å². The molecule has 11 rings (SSSR count). The van der Waals surface area contributed by atoms with Crippen LogP contribution in [-0.2, 0) is 5.41 Å². The molecule has 1 heterocycles. The number of rotatable bonds is 5. The molecule has 0 saturated heterocycles. The first-order valence-corrected chi connectivity index (χ1v) is 19.3. The second-order valence-electron chi connectivity index (χ2n) is 15.5. The van der Waals surface area contributed by atoms with Crippen molar-refractivity contribution >= 4 is 49.4 Å². The Morgan fingerprint density at radius 3 is 2.00 bits per heavy atom. The lowest BCUT2D eigenvalue weighted by molar-refractivity contribution is 0.297. The molecule has 0 saturated carbocycles. The van der Waals surface area contributed by atoms with Gasteiger partial charge in [-0.3, -0.25) is 0 Å². The number of anilines is 3. The van der Waals surface area contributed by atoms with E-state index >= 15 is 0 Å². The minimum Gasteiger partial charge on any atom is -0.490 e. The number of hydrogen-bond donors (Lipinski definition) is 0. The third-order valence-electron chi connectivity index (χ3n) is 12.0. The van der Waals surface area contributed by atoms with Crippen LogP contribution in [0.1, 0.15) is 31.4 Å². The lowest BCUT2D eigenvalue weighted by atomic mass is 9.81. The maximum atomic E-state index is 6.54. The molecular weight excluding hydrogens is 671 g/mol. The summed E-state index contributed by atoms with van der Waals surface area (Å²) in [4.78, 5) is 2.47. The Kier molecular flexibility index (Phi) is 7.09. The van der Waals surface area contributed by atoms with Crippen molar-refractivity contribution in [1.29, 1.82) is 0 Å². The van der Waals surface area contributed by atoms with E-state index in [1.165, 1.54) is 65.7 Å². The van der Waals surface area contributed by atoms with Crippen LogP contribution in [0, 0.1) is 0 Å². The van der Waals surface area contributed by atoms with E-state index in [9.17, 15) is 0 Å². The molecule has 0 atom stereocenters. The number of para-hydroxylation sites is 1. The Balaban J connectivity index is 1.22. The van der Waals surface area contributed by atoms with Crippen molar-refractivity contribution in [2.24, 2.45) is 0 Å². The normalized spacial score (nSPS) is 14.2. The minimum atomic E-state index is -0.231. The van der Waals surface area contributed by atoms with Crippen LogP contribution in [0.15, 0.2) is 164 Å². The maximum Gasteiger partial charge on any atom is 0.168 e. The summed E-state index contributed by atoms with van der Waals surface area (Å²) < 4.78 is 12.8. The van der Waals surface area contributed by atoms with E-state index in [0.29, 0.717) is 13.2 Å². The molecule has 0 unspecified atom stereocenters. The van der Waals surface area contributed by atoms with Crippen molar-refractivity contribution in [3.8, 4) is 44.9 Å². The molecule has 264 valence electrons. The molecule has 3 heteroatoms. The molecular formula is C52H39NO2. The van der Waals surface area contributed by atoms with Gasteiger partial charge in [-0.15, -0.1) is 0 Å². The summed E-state index contributed by atoms with van der Waals surface area (Å²) in [5, 5.41) is 7.61. The lowest BCUT2D eigenvalue weighted by Crippen LogP contribution is -2.17. The van der Waals surface area contributed by atoms with Crippen molar-refractivity contribution in [2.45, 2.75) is 25.7 Å². The summed E-state index contributed by atoms with van der Waals surface area (Å²) in [6, 6.07) is 60.2. The third kappa shape index (κ3) is 4.89. The monoisotopic (exact) mass is 709 g/mol. The number of fused-ring (bicyclic) bond motifs is 4. The number of benzene rings is 9. The van der Waals surface area contributed by atoms with Crippen molar-refractivity contribution in [1.82, 2.24) is 0 Å². The highest BCUT2D eigenvalue weighted by Gasteiger charge is 2.38. The van der Waals surface area contributed by atoms with Gasteiger partial charge in [0.1, 0.15) is 0 Å². The molecule has 0 bridgehead atoms. The van der Waals surface area contributed by atoms with Gasteiger partial charge in [-0.2, -0.15) is 0 Å². The summed E-state index contributed by atoms with van der Waals surface area (Å²) in [5.41, 5.74) is 12.9. The fourth-order valence-electron chi connectivity index (χ4n) is 9.32. The molecule has 0 fully saturated rings. The molecule has 9 aromatic carbocycles. The van der Waals surface area contributed by atoms with E-state index in [4.69, 9.17) is 9.47 Å². The molecule has 3 nitrogen and oxygen atoms in total. The fourth-order valence-corrected chi connectivity index (χ4v) is 9.32. The molecule has 1 aliphatic heterocycles. The van der Waals surface area contributed by atoms with Crippen molar-refractivity contribution < 1.29 is 9.47 Å². The smallest absolute Gasteiger partial charge is 0.168 e. The van der Waals surface area contributed by atoms with Gasteiger partial charge in [-0.25, -0.2) is 0 Å². The Hall–Kier alpha value is -6.58. The predicted molar refractivity (Wildman–Crippen MR) is 229 cm³/mol. The summed E-state index contributed by atoms with van der Waals surface area (Å²) in [6.07, 6.45) is 0.851. The maximum absolute atomic E-state index is 6.54. The predicted octanol–water partition coefficient (Wildman–Crippen LogP) is 13.9. The molecule has 9 aromatic rings. The highest BCUT2D eigenvalue weighted by Crippen LogP contribution is 2.56. The van der Waals surface area contributed by atoms with Crippen LogP contribution in [0.25, 0.3) is 65.7 Å². The van der Waals surface area contributed by atoms with E-state index in [1.807, 2.05) is 6.07 Å². The van der Waals surface area contributed by atoms with E-state index in [0.717, 1.165) is 46.1 Å². The van der Waals surface area contributed by atoms with Gasteiger partial charge >= 0.3 is 0 Å². The molecule has 0 radical (unpaired) electrons. The van der Waals surface area contributed by atoms with Crippen LogP contribution in [0.4, 0.5) is 17.1 Å². The third-order valence-corrected chi connectivity index (χ3v) is 12.0. The molecule has 1 aliphatic carbocycles. The van der Waals surface area contributed by atoms with Crippen molar-refractivity contribution in [2.75, 3.05) is 18.1 Å². The Morgan fingerprint density at radius 2 is 1.16 bits per heavy atom. The highest BCUT2D eigenvalue weighted by atomic mass is 16.5. The largest absolute Gasteiger partial charge is 0.490 e. The molecule has 0 N–H and O–H groups in total. The van der Waals surface area contributed by atoms with Crippen LogP contribution in [0.3, 0.4) is 0 Å². The van der Waals surface area contributed by atoms with Crippen molar-refractivity contribution in [3.05, 3.63) is 175 Å². The quantitative estimate of drug-likeness (QED) is 0.166. The number of nitrogens with zero attached hydrogens (tertiary/aromatic N) is 1. The molecule has 2 aliphatic rings. The Labute approximate surface area is 321 Å². The molecule has 0 amide bonds. The first kappa shape index (κ1) is 31.9. The van der Waals surface area contributed by atoms with Gasteiger partial charge in [0.25, 0.3) is 0 Å². The fraction of sp³-hybridized carbons (Fsp3) is 0.115. The van der Waals surface area contributed by atoms with E-state index in [1.54, 1.807) is 0 Å². The zero-order valence-electron chi connectivity index (χ0n) is 31.0. The van der Waals surface area contributed by atoms with Gasteiger partial charge in [-0.05, 0) is 102 Å². The van der Waals surface area contributed by atoms with E-state index < -0.39 is 0 Å². The minimum absolute atomic E-state index is 0.231.